The van der Waals surface area contributed by atoms with Gasteiger partial charge in [-0.2, -0.15) is 0 Å². The van der Waals surface area contributed by atoms with Crippen molar-refractivity contribution in [3.05, 3.63) is 59.1 Å². The van der Waals surface area contributed by atoms with Crippen LogP contribution in [0.15, 0.2) is 48.5 Å². The quantitative estimate of drug-likeness (QED) is 0.716. The van der Waals surface area contributed by atoms with E-state index in [0.717, 1.165) is 5.69 Å². The number of rotatable bonds is 5. The molecule has 23 heavy (non-hydrogen) atoms. The molecule has 6 heteroatoms. The fraction of sp³-hybridized carbons (Fsp3) is 0.235. The summed E-state index contributed by atoms with van der Waals surface area (Å²) in [6, 6.07) is 13.9. The molecule has 1 unspecified atom stereocenters. The van der Waals surface area contributed by atoms with Crippen LogP contribution in [0.1, 0.15) is 18.6 Å². The molecule has 0 heterocycles. The fourth-order valence-corrected chi connectivity index (χ4v) is 2.66. The number of nitrogens with zero attached hydrogens (tertiary/aromatic N) is 1. The Kier molecular flexibility index (Phi) is 6.21. The van der Waals surface area contributed by atoms with Crippen molar-refractivity contribution in [2.45, 2.75) is 13.0 Å². The van der Waals surface area contributed by atoms with E-state index in [2.05, 4.69) is 5.32 Å². The zero-order chi connectivity index (χ0) is 16.8. The number of aliphatic hydroxyl groups is 1. The maximum Gasteiger partial charge on any atom is 0.173 e. The van der Waals surface area contributed by atoms with Gasteiger partial charge in [0.15, 0.2) is 5.11 Å². The van der Waals surface area contributed by atoms with Crippen molar-refractivity contribution in [2.75, 3.05) is 18.4 Å². The lowest BCUT2D eigenvalue weighted by Crippen LogP contribution is -2.37. The highest BCUT2D eigenvalue weighted by atomic mass is 35.5. The number of nitrogens with one attached hydrogen (secondary N) is 1. The molecule has 2 rings (SSSR count). The first-order valence-electron chi connectivity index (χ1n) is 7.28. The molecule has 0 aliphatic rings. The molecule has 3 N–H and O–H groups in total. The molecule has 122 valence electrons. The van der Waals surface area contributed by atoms with E-state index in [1.807, 2.05) is 30.0 Å². The standard InChI is InChI=1S/C17H19ClN2O2S/c1-2-20(11-16(22)12-6-5-7-13(21)10-12)17(23)19-15-9-4-3-8-14(15)18/h3-10,16,21-22H,2,11H2,1H3,(H,19,23). The number of anilines is 1. The van der Waals surface area contributed by atoms with Crippen LogP contribution in [-0.4, -0.2) is 33.3 Å². The number of hydrogen-bond acceptors (Lipinski definition) is 3. The van der Waals surface area contributed by atoms with Gasteiger partial charge in [-0.05, 0) is 49.0 Å². The van der Waals surface area contributed by atoms with E-state index in [1.165, 1.54) is 0 Å². The third kappa shape index (κ3) is 4.82. The summed E-state index contributed by atoms with van der Waals surface area (Å²) in [5, 5.41) is 24.0. The van der Waals surface area contributed by atoms with Gasteiger partial charge in [0.25, 0.3) is 0 Å². The first kappa shape index (κ1) is 17.5. The Morgan fingerprint density at radius 3 is 2.65 bits per heavy atom. The molecule has 2 aromatic carbocycles. The zero-order valence-electron chi connectivity index (χ0n) is 12.7. The van der Waals surface area contributed by atoms with Crippen molar-refractivity contribution in [1.29, 1.82) is 0 Å². The van der Waals surface area contributed by atoms with Gasteiger partial charge in [-0.15, -0.1) is 0 Å². The topological polar surface area (TPSA) is 55.7 Å². The molecule has 0 bridgehead atoms. The van der Waals surface area contributed by atoms with Crippen LogP contribution < -0.4 is 5.32 Å². The second-order valence-corrected chi connectivity index (χ2v) is 5.85. The average Bonchev–Trinajstić information content (AvgIpc) is 2.54. The van der Waals surface area contributed by atoms with Gasteiger partial charge in [0.05, 0.1) is 23.4 Å². The highest BCUT2D eigenvalue weighted by molar-refractivity contribution is 7.80. The summed E-state index contributed by atoms with van der Waals surface area (Å²) in [5.41, 5.74) is 1.37. The molecule has 0 saturated heterocycles. The van der Waals surface area contributed by atoms with Crippen LogP contribution in [0.25, 0.3) is 0 Å². The third-order valence-electron chi connectivity index (χ3n) is 3.43. The predicted octanol–water partition coefficient (Wildman–Crippen LogP) is 3.80. The first-order chi connectivity index (χ1) is 11.0. The van der Waals surface area contributed by atoms with Gasteiger partial charge in [-0.25, -0.2) is 0 Å². The van der Waals surface area contributed by atoms with Crippen molar-refractivity contribution in [3.63, 3.8) is 0 Å². The van der Waals surface area contributed by atoms with E-state index >= 15 is 0 Å². The molecule has 4 nitrogen and oxygen atoms in total. The lowest BCUT2D eigenvalue weighted by Gasteiger charge is -2.27. The van der Waals surface area contributed by atoms with Gasteiger partial charge < -0.3 is 20.4 Å². The highest BCUT2D eigenvalue weighted by Gasteiger charge is 2.16. The number of thiocarbonyl (C=S) groups is 1. The number of phenols is 1. The summed E-state index contributed by atoms with van der Waals surface area (Å²) < 4.78 is 0. The van der Waals surface area contributed by atoms with Gasteiger partial charge in [0, 0.05) is 6.54 Å². The van der Waals surface area contributed by atoms with E-state index in [9.17, 15) is 10.2 Å². The summed E-state index contributed by atoms with van der Waals surface area (Å²) in [5.74, 6) is 0.126. The Labute approximate surface area is 146 Å². The minimum absolute atomic E-state index is 0.126. The molecule has 0 aromatic heterocycles. The Balaban J connectivity index is 2.04. The van der Waals surface area contributed by atoms with Crippen molar-refractivity contribution < 1.29 is 10.2 Å². The lowest BCUT2D eigenvalue weighted by atomic mass is 10.1. The molecule has 0 amide bonds. The molecule has 0 spiro atoms. The summed E-state index contributed by atoms with van der Waals surface area (Å²) >= 11 is 11.5. The Hall–Kier alpha value is -1.82. The van der Waals surface area contributed by atoms with Crippen molar-refractivity contribution in [3.8, 4) is 5.75 Å². The van der Waals surface area contributed by atoms with Gasteiger partial charge in [0.2, 0.25) is 0 Å². The largest absolute Gasteiger partial charge is 0.508 e. The van der Waals surface area contributed by atoms with Gasteiger partial charge in [0.1, 0.15) is 5.75 Å². The smallest absolute Gasteiger partial charge is 0.173 e. The minimum atomic E-state index is -0.756. The average molecular weight is 351 g/mol. The summed E-state index contributed by atoms with van der Waals surface area (Å²) in [6.45, 7) is 2.90. The van der Waals surface area contributed by atoms with Crippen LogP contribution in [0.4, 0.5) is 5.69 Å². The van der Waals surface area contributed by atoms with Crippen LogP contribution >= 0.6 is 23.8 Å². The molecule has 0 saturated carbocycles. The molecular formula is C17H19ClN2O2S. The van der Waals surface area contributed by atoms with Crippen LogP contribution in [0, 0.1) is 0 Å². The summed E-state index contributed by atoms with van der Waals surface area (Å²) in [6.07, 6.45) is -0.756. The summed E-state index contributed by atoms with van der Waals surface area (Å²) in [7, 11) is 0. The van der Waals surface area contributed by atoms with Gasteiger partial charge in [-0.3, -0.25) is 0 Å². The van der Waals surface area contributed by atoms with Crippen LogP contribution in [0.2, 0.25) is 5.02 Å². The van der Waals surface area contributed by atoms with E-state index in [4.69, 9.17) is 23.8 Å². The van der Waals surface area contributed by atoms with Crippen molar-refractivity contribution >= 4 is 34.6 Å². The Morgan fingerprint density at radius 1 is 1.26 bits per heavy atom. The van der Waals surface area contributed by atoms with E-state index in [0.29, 0.717) is 28.8 Å². The second-order valence-electron chi connectivity index (χ2n) is 5.06. The number of halogens is 1. The number of aromatic hydroxyl groups is 1. The number of aliphatic hydroxyl groups excluding tert-OH is 1. The normalized spacial score (nSPS) is 11.8. The van der Waals surface area contributed by atoms with E-state index in [1.54, 1.807) is 30.3 Å². The third-order valence-corrected chi connectivity index (χ3v) is 4.12. The van der Waals surface area contributed by atoms with Crippen LogP contribution in [0.3, 0.4) is 0 Å². The minimum Gasteiger partial charge on any atom is -0.508 e. The molecule has 0 fully saturated rings. The molecule has 1 atom stereocenters. The number of likely N-dealkylation sites (N-methyl/N-ethyl adjacent to an activating group) is 1. The fourth-order valence-electron chi connectivity index (χ4n) is 2.16. The highest BCUT2D eigenvalue weighted by Crippen LogP contribution is 2.22. The molecule has 0 radical (unpaired) electrons. The monoisotopic (exact) mass is 350 g/mol. The maximum atomic E-state index is 10.3. The van der Waals surface area contributed by atoms with Crippen LogP contribution in [0.5, 0.6) is 5.75 Å². The predicted molar refractivity (Wildman–Crippen MR) is 98.0 cm³/mol. The van der Waals surface area contributed by atoms with E-state index in [-0.39, 0.29) is 5.75 Å². The molecule has 0 aliphatic carbocycles. The molecular weight excluding hydrogens is 332 g/mol. The number of phenolic OH excluding ortho intramolecular Hbond substituents is 1. The SMILES string of the molecule is CCN(CC(O)c1cccc(O)c1)C(=S)Nc1ccccc1Cl. The Morgan fingerprint density at radius 2 is 2.00 bits per heavy atom. The molecule has 2 aromatic rings. The van der Waals surface area contributed by atoms with Crippen molar-refractivity contribution in [2.24, 2.45) is 0 Å². The number of benzene rings is 2. The summed E-state index contributed by atoms with van der Waals surface area (Å²) in [4.78, 5) is 1.84. The first-order valence-corrected chi connectivity index (χ1v) is 8.07. The van der Waals surface area contributed by atoms with Crippen LogP contribution in [-0.2, 0) is 0 Å². The number of hydrogen-bond donors (Lipinski definition) is 3. The van der Waals surface area contributed by atoms with E-state index < -0.39 is 6.10 Å². The number of para-hydroxylation sites is 1. The zero-order valence-corrected chi connectivity index (χ0v) is 14.3. The second kappa shape index (κ2) is 8.15. The maximum absolute atomic E-state index is 10.3. The van der Waals surface area contributed by atoms with Gasteiger partial charge >= 0.3 is 0 Å². The molecule has 0 aliphatic heterocycles. The van der Waals surface area contributed by atoms with Crippen molar-refractivity contribution in [1.82, 2.24) is 4.90 Å². The lowest BCUT2D eigenvalue weighted by molar-refractivity contribution is 0.146. The van der Waals surface area contributed by atoms with Gasteiger partial charge in [-0.1, -0.05) is 35.9 Å². The Bertz CT molecular complexity index is 681.